The van der Waals surface area contributed by atoms with Crippen molar-refractivity contribution < 1.29 is 4.92 Å². The van der Waals surface area contributed by atoms with Crippen molar-refractivity contribution in [1.29, 1.82) is 0 Å². The molecule has 1 aromatic rings. The van der Waals surface area contributed by atoms with Gasteiger partial charge in [-0.25, -0.2) is 0 Å². The Labute approximate surface area is 77.6 Å². The number of hydrogen-bond donors (Lipinski definition) is 0. The number of thiophene rings is 1. The summed E-state index contributed by atoms with van der Waals surface area (Å²) >= 11 is 1.11. The summed E-state index contributed by atoms with van der Waals surface area (Å²) in [5, 5.41) is 13.7. The molecule has 0 atom stereocenters. The van der Waals surface area contributed by atoms with Crippen LogP contribution in [0.15, 0.2) is 17.2 Å². The molecule has 0 amide bonds. The van der Waals surface area contributed by atoms with Crippen LogP contribution in [0.3, 0.4) is 0 Å². The molecule has 0 aliphatic heterocycles. The number of hydrogen-bond acceptors (Lipinski definition) is 4. The zero-order chi connectivity index (χ0) is 9.68. The molecule has 0 fully saturated rings. The van der Waals surface area contributed by atoms with Crippen molar-refractivity contribution >= 4 is 16.3 Å². The van der Waals surface area contributed by atoms with E-state index in [0.717, 1.165) is 16.2 Å². The summed E-state index contributed by atoms with van der Waals surface area (Å²) < 4.78 is 0. The standard InChI is InChI=1S/C6H6N4O2S/c7-9-8-4-3-5-1-2-6(13-5)10(11)12/h1-2H,3-4H2. The minimum absolute atomic E-state index is 0.121. The molecule has 0 saturated heterocycles. The molecule has 1 heterocycles. The van der Waals surface area contributed by atoms with Gasteiger partial charge in [-0.1, -0.05) is 16.5 Å². The van der Waals surface area contributed by atoms with Crippen molar-refractivity contribution in [2.24, 2.45) is 5.11 Å². The van der Waals surface area contributed by atoms with Crippen LogP contribution < -0.4 is 0 Å². The lowest BCUT2D eigenvalue weighted by molar-refractivity contribution is -0.380. The summed E-state index contributed by atoms with van der Waals surface area (Å²) in [6.07, 6.45) is 0.558. The van der Waals surface area contributed by atoms with E-state index in [-0.39, 0.29) is 5.00 Å². The van der Waals surface area contributed by atoms with Gasteiger partial charge in [-0.05, 0) is 18.0 Å². The molecule has 0 saturated carbocycles. The second kappa shape index (κ2) is 4.44. The van der Waals surface area contributed by atoms with Gasteiger partial charge in [0.25, 0.3) is 0 Å². The molecule has 0 spiro atoms. The zero-order valence-corrected chi connectivity index (χ0v) is 7.40. The molecular formula is C6H6N4O2S. The molecular weight excluding hydrogens is 192 g/mol. The molecule has 0 radical (unpaired) electrons. The van der Waals surface area contributed by atoms with Crippen LogP contribution in [-0.4, -0.2) is 11.5 Å². The fraction of sp³-hybridized carbons (Fsp3) is 0.333. The molecule has 0 unspecified atom stereocenters. The second-order valence-corrected chi connectivity index (χ2v) is 3.35. The molecule has 0 aliphatic carbocycles. The van der Waals surface area contributed by atoms with Crippen molar-refractivity contribution in [3.05, 3.63) is 37.6 Å². The van der Waals surface area contributed by atoms with E-state index in [4.69, 9.17) is 5.53 Å². The Morgan fingerprint density at radius 1 is 1.69 bits per heavy atom. The van der Waals surface area contributed by atoms with Gasteiger partial charge >= 0.3 is 5.00 Å². The predicted octanol–water partition coefficient (Wildman–Crippen LogP) is 2.51. The van der Waals surface area contributed by atoms with Gasteiger partial charge in [0, 0.05) is 22.4 Å². The summed E-state index contributed by atoms with van der Waals surface area (Å²) in [7, 11) is 0. The van der Waals surface area contributed by atoms with E-state index in [0.29, 0.717) is 13.0 Å². The summed E-state index contributed by atoms with van der Waals surface area (Å²) in [5.74, 6) is 0. The molecule has 0 aromatic carbocycles. The van der Waals surface area contributed by atoms with Gasteiger partial charge in [0.1, 0.15) is 0 Å². The van der Waals surface area contributed by atoms with Crippen LogP contribution >= 0.6 is 11.3 Å². The Kier molecular flexibility index (Phi) is 3.24. The second-order valence-electron chi connectivity index (χ2n) is 2.20. The predicted molar refractivity (Wildman–Crippen MR) is 48.7 cm³/mol. The Morgan fingerprint density at radius 2 is 2.46 bits per heavy atom. The molecule has 0 N–H and O–H groups in total. The van der Waals surface area contributed by atoms with E-state index in [9.17, 15) is 10.1 Å². The third-order valence-corrected chi connectivity index (χ3v) is 2.45. The van der Waals surface area contributed by atoms with Crippen LogP contribution in [0.1, 0.15) is 4.88 Å². The van der Waals surface area contributed by atoms with Crippen LogP contribution in [0.5, 0.6) is 0 Å². The number of nitro groups is 1. The average Bonchev–Trinajstić information content (AvgIpc) is 2.53. The van der Waals surface area contributed by atoms with E-state index in [2.05, 4.69) is 10.0 Å². The minimum Gasteiger partial charge on any atom is -0.258 e. The highest BCUT2D eigenvalue weighted by Gasteiger charge is 2.08. The topological polar surface area (TPSA) is 91.9 Å². The molecule has 13 heavy (non-hydrogen) atoms. The van der Waals surface area contributed by atoms with Gasteiger partial charge in [-0.15, -0.1) is 0 Å². The van der Waals surface area contributed by atoms with Gasteiger partial charge in [-0.2, -0.15) is 0 Å². The van der Waals surface area contributed by atoms with Crippen LogP contribution in [-0.2, 0) is 6.42 Å². The van der Waals surface area contributed by atoms with Gasteiger partial charge in [0.05, 0.1) is 4.92 Å². The zero-order valence-electron chi connectivity index (χ0n) is 6.58. The SMILES string of the molecule is [N-]=[N+]=NCCc1ccc([N+](=O)[O-])s1. The van der Waals surface area contributed by atoms with Gasteiger partial charge in [-0.3, -0.25) is 10.1 Å². The molecule has 6 nitrogen and oxygen atoms in total. The van der Waals surface area contributed by atoms with Crippen LogP contribution in [0.4, 0.5) is 5.00 Å². The smallest absolute Gasteiger partial charge is 0.258 e. The number of azide groups is 1. The van der Waals surface area contributed by atoms with Gasteiger partial charge < -0.3 is 0 Å². The maximum Gasteiger partial charge on any atom is 0.324 e. The Morgan fingerprint density at radius 3 is 3.00 bits per heavy atom. The summed E-state index contributed by atoms with van der Waals surface area (Å²) in [6.45, 7) is 0.341. The first-order valence-electron chi connectivity index (χ1n) is 3.48. The van der Waals surface area contributed by atoms with Gasteiger partial charge in [0.15, 0.2) is 0 Å². The third-order valence-electron chi connectivity index (χ3n) is 1.35. The fourth-order valence-corrected chi connectivity index (χ4v) is 1.61. The van der Waals surface area contributed by atoms with Crippen molar-refractivity contribution in [3.8, 4) is 0 Å². The average molecular weight is 198 g/mol. The van der Waals surface area contributed by atoms with E-state index in [1.807, 2.05) is 0 Å². The molecule has 0 bridgehead atoms. The summed E-state index contributed by atoms with van der Waals surface area (Å²) in [5.41, 5.74) is 7.99. The molecule has 0 aliphatic rings. The first-order chi connectivity index (χ1) is 6.24. The monoisotopic (exact) mass is 198 g/mol. The molecule has 7 heteroatoms. The van der Waals surface area contributed by atoms with E-state index >= 15 is 0 Å². The van der Waals surface area contributed by atoms with Crippen molar-refractivity contribution in [2.75, 3.05) is 6.54 Å². The van der Waals surface area contributed by atoms with Crippen molar-refractivity contribution in [1.82, 2.24) is 0 Å². The Bertz CT molecular complexity index is 355. The summed E-state index contributed by atoms with van der Waals surface area (Å²) in [4.78, 5) is 13.3. The van der Waals surface area contributed by atoms with E-state index < -0.39 is 4.92 Å². The highest BCUT2D eigenvalue weighted by atomic mass is 32.1. The fourth-order valence-electron chi connectivity index (χ4n) is 0.804. The van der Waals surface area contributed by atoms with Crippen molar-refractivity contribution in [2.45, 2.75) is 6.42 Å². The Balaban J connectivity index is 2.58. The summed E-state index contributed by atoms with van der Waals surface area (Å²) in [6, 6.07) is 3.13. The maximum atomic E-state index is 10.3. The minimum atomic E-state index is -0.429. The lowest BCUT2D eigenvalue weighted by Gasteiger charge is -1.86. The normalized spacial score (nSPS) is 9.23. The molecule has 68 valence electrons. The van der Waals surface area contributed by atoms with Crippen LogP contribution in [0.25, 0.3) is 10.4 Å². The highest BCUT2D eigenvalue weighted by molar-refractivity contribution is 7.15. The number of rotatable bonds is 4. The molecule has 1 aromatic heterocycles. The van der Waals surface area contributed by atoms with Crippen LogP contribution in [0, 0.1) is 10.1 Å². The number of nitrogens with zero attached hydrogens (tertiary/aromatic N) is 4. The first kappa shape index (κ1) is 9.50. The lowest BCUT2D eigenvalue weighted by atomic mass is 10.3. The van der Waals surface area contributed by atoms with Crippen molar-refractivity contribution in [3.63, 3.8) is 0 Å². The highest BCUT2D eigenvalue weighted by Crippen LogP contribution is 2.24. The third kappa shape index (κ3) is 2.73. The largest absolute Gasteiger partial charge is 0.324 e. The molecule has 1 rings (SSSR count). The lowest BCUT2D eigenvalue weighted by Crippen LogP contribution is -1.83. The van der Waals surface area contributed by atoms with Crippen LogP contribution in [0.2, 0.25) is 0 Å². The van der Waals surface area contributed by atoms with E-state index in [1.165, 1.54) is 6.07 Å². The first-order valence-corrected chi connectivity index (χ1v) is 4.29. The Hall–Kier alpha value is -1.59. The quantitative estimate of drug-likeness (QED) is 0.244. The van der Waals surface area contributed by atoms with Gasteiger partial charge in [0.2, 0.25) is 0 Å². The van der Waals surface area contributed by atoms with E-state index in [1.54, 1.807) is 6.07 Å². The maximum absolute atomic E-state index is 10.3.